The summed E-state index contributed by atoms with van der Waals surface area (Å²) in [4.78, 5) is 22.3. The van der Waals surface area contributed by atoms with Gasteiger partial charge in [-0.05, 0) is 59.5 Å². The van der Waals surface area contributed by atoms with Crippen molar-refractivity contribution < 1.29 is 14.7 Å². The molecule has 146 valence electrons. The summed E-state index contributed by atoms with van der Waals surface area (Å²) in [6.07, 6.45) is 12.0. The second-order valence-electron chi connectivity index (χ2n) is 6.60. The van der Waals surface area contributed by atoms with Gasteiger partial charge >= 0.3 is 5.97 Å². The van der Waals surface area contributed by atoms with E-state index in [1.54, 1.807) is 0 Å². The van der Waals surface area contributed by atoms with E-state index in [2.05, 4.69) is 57.8 Å². The number of carbonyl (C=O) groups is 2. The van der Waals surface area contributed by atoms with Gasteiger partial charge in [0, 0.05) is 11.5 Å². The third kappa shape index (κ3) is 13.5. The fourth-order valence-corrected chi connectivity index (χ4v) is 3.13. The Labute approximate surface area is 162 Å². The maximum Gasteiger partial charge on any atom is 0.327 e. The predicted molar refractivity (Wildman–Crippen MR) is 113 cm³/mol. The van der Waals surface area contributed by atoms with Crippen LogP contribution in [0, 0.1) is 0 Å². The number of carbonyl (C=O) groups excluding carboxylic acids is 1. The molecule has 4 nitrogen and oxygen atoms in total. The molecule has 0 radical (unpaired) electrons. The van der Waals surface area contributed by atoms with E-state index in [-0.39, 0.29) is 0 Å². The average molecular weight is 380 g/mol. The maximum atomic E-state index is 11.2. The predicted octanol–water partition coefficient (Wildman–Crippen LogP) is 4.89. The molecule has 0 aromatic heterocycles. The van der Waals surface area contributed by atoms with Gasteiger partial charge in [-0.2, -0.15) is 11.8 Å². The number of rotatable bonds is 13. The van der Waals surface area contributed by atoms with E-state index in [1.165, 1.54) is 28.5 Å². The molecule has 0 aliphatic rings. The summed E-state index contributed by atoms with van der Waals surface area (Å²) >= 11 is 1.50. The second kappa shape index (κ2) is 14.4. The van der Waals surface area contributed by atoms with Gasteiger partial charge in [-0.15, -0.1) is 0 Å². The first-order chi connectivity index (χ1) is 12.3. The summed E-state index contributed by atoms with van der Waals surface area (Å²) in [7, 11) is 0. The van der Waals surface area contributed by atoms with E-state index >= 15 is 0 Å². The van der Waals surface area contributed by atoms with Crippen LogP contribution >= 0.6 is 11.8 Å². The van der Waals surface area contributed by atoms with E-state index in [9.17, 15) is 9.59 Å². The van der Waals surface area contributed by atoms with Crippen LogP contribution in [0.15, 0.2) is 47.6 Å². The Bertz CT molecular complexity index is 558. The zero-order valence-electron chi connectivity index (χ0n) is 16.5. The molecule has 0 aromatic carbocycles. The van der Waals surface area contributed by atoms with Gasteiger partial charge in [0.05, 0.1) is 0 Å². The van der Waals surface area contributed by atoms with E-state index < -0.39 is 17.9 Å². The monoisotopic (exact) mass is 379 g/mol. The standard InChI is InChI=1S/C21H33NO3S/c1-6-20(23)22-19(21(24)25)15-26-14-13-18(5)12-8-11-17(4)10-7-9-16(2)3/h6,9,11,13,19H,1,7-8,10,12,14-15H2,2-5H3,(H,22,23)(H,24,25)/t19-/m0/s1. The molecule has 0 rings (SSSR count). The average Bonchev–Trinajstić information content (AvgIpc) is 2.56. The van der Waals surface area contributed by atoms with Gasteiger partial charge in [0.1, 0.15) is 6.04 Å². The fraction of sp³-hybridized carbons (Fsp3) is 0.524. The van der Waals surface area contributed by atoms with Crippen LogP contribution in [0.4, 0.5) is 0 Å². The van der Waals surface area contributed by atoms with E-state index in [1.807, 2.05) is 0 Å². The van der Waals surface area contributed by atoms with Gasteiger partial charge in [0.2, 0.25) is 5.91 Å². The molecule has 0 aromatic rings. The lowest BCUT2D eigenvalue weighted by atomic mass is 10.1. The Morgan fingerprint density at radius 2 is 1.62 bits per heavy atom. The molecule has 26 heavy (non-hydrogen) atoms. The molecule has 0 saturated carbocycles. The highest BCUT2D eigenvalue weighted by Gasteiger charge is 2.18. The van der Waals surface area contributed by atoms with Crippen molar-refractivity contribution in [3.63, 3.8) is 0 Å². The van der Waals surface area contributed by atoms with Crippen LogP contribution in [0.5, 0.6) is 0 Å². The van der Waals surface area contributed by atoms with Crippen molar-refractivity contribution in [3.05, 3.63) is 47.6 Å². The molecule has 5 heteroatoms. The van der Waals surface area contributed by atoms with Gasteiger partial charge in [-0.25, -0.2) is 4.79 Å². The van der Waals surface area contributed by atoms with Crippen molar-refractivity contribution in [2.45, 2.75) is 59.4 Å². The molecule has 0 unspecified atom stereocenters. The van der Waals surface area contributed by atoms with E-state index in [4.69, 9.17) is 5.11 Å². The molecule has 2 N–H and O–H groups in total. The largest absolute Gasteiger partial charge is 0.480 e. The minimum Gasteiger partial charge on any atom is -0.480 e. The molecule has 0 aliphatic carbocycles. The molecule has 0 spiro atoms. The molecule has 0 saturated heterocycles. The Morgan fingerprint density at radius 3 is 2.15 bits per heavy atom. The third-order valence-corrected chi connectivity index (χ3v) is 4.73. The molecular weight excluding hydrogens is 346 g/mol. The van der Waals surface area contributed by atoms with Crippen LogP contribution in [0.3, 0.4) is 0 Å². The number of carboxylic acid groups (broad SMARTS) is 1. The smallest absolute Gasteiger partial charge is 0.327 e. The SMILES string of the molecule is C=CC(=O)N[C@@H](CSCC=C(C)CCC=C(C)CCC=C(C)C)C(=O)O. The molecule has 0 heterocycles. The lowest BCUT2D eigenvalue weighted by Gasteiger charge is -2.12. The highest BCUT2D eigenvalue weighted by atomic mass is 32.2. The van der Waals surface area contributed by atoms with Crippen LogP contribution in [-0.4, -0.2) is 34.5 Å². The van der Waals surface area contributed by atoms with Crippen molar-refractivity contribution in [2.24, 2.45) is 0 Å². The van der Waals surface area contributed by atoms with Gasteiger partial charge < -0.3 is 10.4 Å². The Morgan fingerprint density at radius 1 is 1.04 bits per heavy atom. The van der Waals surface area contributed by atoms with Crippen LogP contribution in [-0.2, 0) is 9.59 Å². The maximum absolute atomic E-state index is 11.2. The molecule has 0 aliphatic heterocycles. The zero-order valence-corrected chi connectivity index (χ0v) is 17.3. The summed E-state index contributed by atoms with van der Waals surface area (Å²) in [6, 6.07) is -0.884. The van der Waals surface area contributed by atoms with Crippen molar-refractivity contribution in [3.8, 4) is 0 Å². The minimum atomic E-state index is -1.03. The number of thioether (sulfide) groups is 1. The number of aliphatic carboxylic acids is 1. The number of allylic oxidation sites excluding steroid dienone is 5. The van der Waals surface area contributed by atoms with Gasteiger partial charge in [-0.1, -0.05) is 41.5 Å². The third-order valence-electron chi connectivity index (χ3n) is 3.76. The first-order valence-corrected chi connectivity index (χ1v) is 10.1. The normalized spacial score (nSPS) is 13.1. The lowest BCUT2D eigenvalue weighted by Crippen LogP contribution is -2.41. The Kier molecular flexibility index (Phi) is 13.5. The van der Waals surface area contributed by atoms with Crippen LogP contribution in [0.25, 0.3) is 0 Å². The summed E-state index contributed by atoms with van der Waals surface area (Å²) < 4.78 is 0. The molecule has 1 amide bonds. The summed E-state index contributed by atoms with van der Waals surface area (Å²) in [5.41, 5.74) is 4.09. The Balaban J connectivity index is 4.13. The van der Waals surface area contributed by atoms with Gasteiger partial charge in [0.15, 0.2) is 0 Å². The zero-order chi connectivity index (χ0) is 19.9. The highest BCUT2D eigenvalue weighted by Crippen LogP contribution is 2.13. The summed E-state index contributed by atoms with van der Waals surface area (Å²) in [5, 5.41) is 11.5. The van der Waals surface area contributed by atoms with Gasteiger partial charge in [-0.3, -0.25) is 4.79 Å². The molecule has 0 bridgehead atoms. The summed E-state index contributed by atoms with van der Waals surface area (Å²) in [5.74, 6) is -0.413. The number of nitrogens with one attached hydrogen (secondary N) is 1. The van der Waals surface area contributed by atoms with E-state index in [0.717, 1.165) is 37.5 Å². The van der Waals surface area contributed by atoms with Crippen LogP contribution in [0.1, 0.15) is 53.4 Å². The van der Waals surface area contributed by atoms with E-state index in [0.29, 0.717) is 5.75 Å². The molecule has 1 atom stereocenters. The molecular formula is C21H33NO3S. The van der Waals surface area contributed by atoms with Crippen molar-refractivity contribution >= 4 is 23.6 Å². The lowest BCUT2D eigenvalue weighted by molar-refractivity contribution is -0.140. The quantitative estimate of drug-likeness (QED) is 0.271. The van der Waals surface area contributed by atoms with Crippen LogP contribution in [0.2, 0.25) is 0 Å². The first-order valence-electron chi connectivity index (χ1n) is 8.94. The number of hydrogen-bond acceptors (Lipinski definition) is 3. The second-order valence-corrected chi connectivity index (χ2v) is 7.68. The Hall–Kier alpha value is -1.75. The van der Waals surface area contributed by atoms with Crippen molar-refractivity contribution in [1.29, 1.82) is 0 Å². The number of carboxylic acids is 1. The first kappa shape index (κ1) is 24.2. The van der Waals surface area contributed by atoms with Crippen LogP contribution < -0.4 is 5.32 Å². The number of amides is 1. The minimum absolute atomic E-state index is 0.335. The number of hydrogen-bond donors (Lipinski definition) is 2. The van der Waals surface area contributed by atoms with Crippen molar-refractivity contribution in [1.82, 2.24) is 5.32 Å². The highest BCUT2D eigenvalue weighted by molar-refractivity contribution is 7.99. The van der Waals surface area contributed by atoms with Gasteiger partial charge in [0.25, 0.3) is 0 Å². The van der Waals surface area contributed by atoms with Crippen molar-refractivity contribution in [2.75, 3.05) is 11.5 Å². The molecule has 0 fully saturated rings. The fourth-order valence-electron chi connectivity index (χ4n) is 2.13. The topological polar surface area (TPSA) is 66.4 Å². The summed E-state index contributed by atoms with van der Waals surface area (Å²) in [6.45, 7) is 11.8.